The highest BCUT2D eigenvalue weighted by molar-refractivity contribution is 8.77. The molecule has 4 bridgehead atoms. The highest BCUT2D eigenvalue weighted by Crippen LogP contribution is 2.28. The lowest BCUT2D eigenvalue weighted by Crippen LogP contribution is -2.62. The van der Waals surface area contributed by atoms with Gasteiger partial charge in [0.25, 0.3) is 5.97 Å². The number of fused-ring (bicyclic) bond motifs is 20. The lowest BCUT2D eigenvalue weighted by Gasteiger charge is -2.30. The van der Waals surface area contributed by atoms with Crippen LogP contribution in [0.15, 0.2) is 48.5 Å². The zero-order chi connectivity index (χ0) is 81.6. The van der Waals surface area contributed by atoms with Gasteiger partial charge < -0.3 is 116 Å². The Bertz CT molecular complexity index is 3700. The number of nitrogens with two attached hydrogens (primary N) is 2. The predicted molar refractivity (Wildman–Crippen MR) is 402 cm³/mol. The van der Waals surface area contributed by atoms with E-state index in [0.29, 0.717) is 16.4 Å². The number of phenols is 2. The third kappa shape index (κ3) is 30.4. The van der Waals surface area contributed by atoms with Gasteiger partial charge in [-0.2, -0.15) is 0 Å². The second kappa shape index (κ2) is 45.0. The summed E-state index contributed by atoms with van der Waals surface area (Å²) in [7, 11) is 4.61. The van der Waals surface area contributed by atoms with Gasteiger partial charge in [-0.3, -0.25) is 81.5 Å². The average Bonchev–Trinajstić information content (AvgIpc) is 1.60. The summed E-state index contributed by atoms with van der Waals surface area (Å²) < 4.78 is 0. The fraction of sp³-hybridized carbons (Fsp3) is 0.531. The summed E-state index contributed by atoms with van der Waals surface area (Å²) in [6.07, 6.45) is -4.83. The molecule has 4 aliphatic rings. The molecule has 23 N–H and O–H groups in total. The SMILES string of the molecule is CC(=O)O.C[C@@H]1NC(=O)[C@H](C)NC(=O)[C@@H]2CCCN2C(=O)[C@H](CC(N)=O)NC(=O)[C@@H]2CSSC[C@@H](N)C(=O)N[C@H]3CSSC[C@H](NC1=O)C(=O)N[C@@H]([C@@H](C)O)C(=O)NCC(=O)N[C@H](C(=O)N[C@@H](Cc1ccc(O)cc1)C(=O)O)CSSC[C@@H](NC(=O)[C@H](Cc1ccc(O)cc1)NC(=O)[C@H](CCC(=O)O)NC3=O)C(=O)N2. The topological polar surface area (TPSA) is 640 Å². The lowest BCUT2D eigenvalue weighted by atomic mass is 10.0. The van der Waals surface area contributed by atoms with Crippen molar-refractivity contribution in [3.05, 3.63) is 59.7 Å². The first kappa shape index (κ1) is 91.1. The number of aliphatic hydroxyl groups excluding tert-OH is 1. The Morgan fingerprint density at radius 1 is 0.545 bits per heavy atom. The second-order valence-corrected chi connectivity index (χ2v) is 32.9. The van der Waals surface area contributed by atoms with Crippen molar-refractivity contribution in [1.29, 1.82) is 0 Å². The normalized spacial score (nSPS) is 26.8. The molecule has 0 unspecified atom stereocenters. The molecule has 46 heteroatoms. The fourth-order valence-corrected chi connectivity index (χ4v) is 17.4. The van der Waals surface area contributed by atoms with Crippen molar-refractivity contribution in [2.24, 2.45) is 11.5 Å². The minimum absolute atomic E-state index is 0.0101. The molecule has 4 aliphatic heterocycles. The van der Waals surface area contributed by atoms with Gasteiger partial charge in [-0.05, 0) is 75.4 Å². The van der Waals surface area contributed by atoms with Crippen LogP contribution in [-0.4, -0.2) is 280 Å². The van der Waals surface area contributed by atoms with E-state index in [9.17, 15) is 97.5 Å². The number of phenolic OH excluding ortho intramolecular Hbond substituents is 2. The molecule has 110 heavy (non-hydrogen) atoms. The number of carboxylic acids is 3. The van der Waals surface area contributed by atoms with Crippen molar-refractivity contribution >= 4 is 171 Å². The predicted octanol–water partition coefficient (Wildman–Crippen LogP) is -6.34. The van der Waals surface area contributed by atoms with Crippen LogP contribution in [0.2, 0.25) is 0 Å². The molecule has 4 saturated heterocycles. The average molecular weight is 1660 g/mol. The number of aliphatic hydroxyl groups is 1. The zero-order valence-corrected chi connectivity index (χ0v) is 64.4. The first-order valence-electron chi connectivity index (χ1n) is 33.8. The Morgan fingerprint density at radius 3 is 1.52 bits per heavy atom. The van der Waals surface area contributed by atoms with Crippen molar-refractivity contribution in [3.63, 3.8) is 0 Å². The number of aliphatic carboxylic acids is 3. The molecule has 2 aromatic carbocycles. The molecule has 0 saturated carbocycles. The molecule has 0 radical (unpaired) electrons. The number of hydrogen-bond acceptors (Lipinski definition) is 28. The number of amides is 15. The Labute approximate surface area is 652 Å². The summed E-state index contributed by atoms with van der Waals surface area (Å²) in [5.74, 6) is -24.0. The first-order valence-corrected chi connectivity index (χ1v) is 41.2. The van der Waals surface area contributed by atoms with E-state index in [0.717, 1.165) is 72.7 Å². The minimum atomic E-state index is -1.95. The molecule has 40 nitrogen and oxygen atoms in total. The lowest BCUT2D eigenvalue weighted by molar-refractivity contribution is -0.143. The molecular formula is C64H88N16O24S6. The summed E-state index contributed by atoms with van der Waals surface area (Å²) in [5, 5.41) is 90.3. The van der Waals surface area contributed by atoms with Crippen LogP contribution in [0, 0.1) is 0 Å². The van der Waals surface area contributed by atoms with Crippen molar-refractivity contribution in [2.75, 3.05) is 47.6 Å². The maximum Gasteiger partial charge on any atom is 0.326 e. The molecule has 0 spiro atoms. The summed E-state index contributed by atoms with van der Waals surface area (Å²) in [5.41, 5.74) is 12.6. The van der Waals surface area contributed by atoms with E-state index in [1.54, 1.807) is 0 Å². The molecule has 6 rings (SSSR count). The van der Waals surface area contributed by atoms with Gasteiger partial charge >= 0.3 is 11.9 Å². The summed E-state index contributed by atoms with van der Waals surface area (Å²) >= 11 is 0. The smallest absolute Gasteiger partial charge is 0.326 e. The maximum absolute atomic E-state index is 15.2. The Hall–Kier alpha value is -9.48. The minimum Gasteiger partial charge on any atom is -0.508 e. The number of aromatic hydroxyl groups is 2. The van der Waals surface area contributed by atoms with Gasteiger partial charge in [-0.15, -0.1) is 0 Å². The summed E-state index contributed by atoms with van der Waals surface area (Å²) in [4.78, 5) is 250. The van der Waals surface area contributed by atoms with E-state index in [-0.39, 0.29) is 48.6 Å². The van der Waals surface area contributed by atoms with Gasteiger partial charge in [0.05, 0.1) is 25.1 Å². The Balaban J connectivity index is 0.00000528. The standard InChI is InChI=1S/C62H84N16O22S6.C2H4O2/c1-27-49(86)66-28(2)50(87)73-43-26-106-104-23-40-55(92)69-35(14-15-47(84)85)52(89)70-36(17-30-6-10-32(80)11-7-30)53(90)75-42(57(94)76-41(24-102-101-21-34(63)51(88)74-40)56(93)71-37(19-45(64)82)61(98)78-16-4-5-44(78)59(96)67-27)25-105-103-22-39(68-46(83)20-65-60(97)48(29(3)79)77-58(43)95)54(91)72-38(62(99)100)18-31-8-12-33(81)13-9-31;1-2(3)4/h6-13,27-29,34-44,48,79-81H,4-5,14-26,63H2,1-3H3,(H2,64,82)(H,65,97)(H,66,86)(H,67,96)(H,68,83)(H,69,92)(H,70,89)(H,71,93)(H,72,91)(H,73,87)(H,74,88)(H,75,90)(H,76,94)(H,77,95)(H,84,85)(H,99,100);1H3,(H,3,4)/t27-,28-,29+,34+,35-,36-,37-,38-,39-,40-,41-,42+,43-,44-,48-;/m0./s1. The Morgan fingerprint density at radius 2 is 0.991 bits per heavy atom. The van der Waals surface area contributed by atoms with Crippen LogP contribution < -0.4 is 80.6 Å². The highest BCUT2D eigenvalue weighted by Gasteiger charge is 2.42. The molecule has 15 amide bonds. The number of carbonyl (C=O) groups excluding carboxylic acids is 15. The number of carboxylic acid groups (broad SMARTS) is 3. The number of nitrogens with zero attached hydrogens (tertiary/aromatic N) is 1. The van der Waals surface area contributed by atoms with Crippen LogP contribution in [0.25, 0.3) is 0 Å². The third-order valence-electron chi connectivity index (χ3n) is 16.3. The number of hydrogen-bond donors (Lipinski definition) is 21. The van der Waals surface area contributed by atoms with Gasteiger partial charge in [0.2, 0.25) is 88.6 Å². The van der Waals surface area contributed by atoms with Crippen molar-refractivity contribution in [3.8, 4) is 11.5 Å². The van der Waals surface area contributed by atoms with Gasteiger partial charge in [0.1, 0.15) is 90.0 Å². The molecule has 2 aromatic rings. The number of rotatable bonds is 13. The van der Waals surface area contributed by atoms with Crippen LogP contribution >= 0.6 is 64.8 Å². The highest BCUT2D eigenvalue weighted by atomic mass is 33.1. The number of carbonyl (C=O) groups is 18. The molecule has 15 atom stereocenters. The van der Waals surface area contributed by atoms with Crippen LogP contribution in [0.4, 0.5) is 0 Å². The summed E-state index contributed by atoms with van der Waals surface area (Å²) in [6.45, 7) is 3.42. The molecular weight excluding hydrogens is 1570 g/mol. The largest absolute Gasteiger partial charge is 0.508 e. The van der Waals surface area contributed by atoms with Gasteiger partial charge in [-0.25, -0.2) is 4.79 Å². The van der Waals surface area contributed by atoms with E-state index in [1.807, 2.05) is 0 Å². The summed E-state index contributed by atoms with van der Waals surface area (Å²) in [6, 6.07) is -13.5. The molecule has 4 fully saturated rings. The van der Waals surface area contributed by atoms with Crippen molar-refractivity contribution in [2.45, 2.75) is 163 Å². The van der Waals surface area contributed by atoms with Crippen LogP contribution in [0.3, 0.4) is 0 Å². The molecule has 604 valence electrons. The van der Waals surface area contributed by atoms with Gasteiger partial charge in [0.15, 0.2) is 0 Å². The van der Waals surface area contributed by atoms with E-state index in [1.165, 1.54) is 62.4 Å². The van der Waals surface area contributed by atoms with Crippen LogP contribution in [-0.2, 0) is 99.1 Å². The van der Waals surface area contributed by atoms with E-state index in [4.69, 9.17) is 21.4 Å². The van der Waals surface area contributed by atoms with Crippen molar-refractivity contribution < 1.29 is 117 Å². The van der Waals surface area contributed by atoms with Crippen LogP contribution in [0.5, 0.6) is 11.5 Å². The number of nitrogens with one attached hydrogen (secondary N) is 13. The van der Waals surface area contributed by atoms with Gasteiger partial charge in [-0.1, -0.05) is 89.0 Å². The van der Waals surface area contributed by atoms with E-state index < -0.39 is 258 Å². The zero-order valence-electron chi connectivity index (χ0n) is 59.5. The Kier molecular flexibility index (Phi) is 37.3. The molecule has 0 aromatic heterocycles. The fourth-order valence-electron chi connectivity index (χ4n) is 10.4. The first-order chi connectivity index (χ1) is 51.9. The quantitative estimate of drug-likeness (QED) is 0.0655. The number of benzene rings is 2. The maximum atomic E-state index is 15.2. The molecule has 0 aliphatic carbocycles. The van der Waals surface area contributed by atoms with Crippen molar-refractivity contribution in [1.82, 2.24) is 74.0 Å². The van der Waals surface area contributed by atoms with E-state index >= 15 is 9.59 Å². The third-order valence-corrected chi connectivity index (χ3v) is 23.6. The number of primary amides is 1. The van der Waals surface area contributed by atoms with E-state index in [2.05, 4.69) is 69.1 Å². The monoisotopic (exact) mass is 1660 g/mol. The van der Waals surface area contributed by atoms with Crippen LogP contribution in [0.1, 0.15) is 70.9 Å². The molecule has 4 heterocycles. The van der Waals surface area contributed by atoms with Gasteiger partial charge in [0, 0.05) is 67.2 Å². The second-order valence-electron chi connectivity index (χ2n) is 25.2.